The van der Waals surface area contributed by atoms with Crippen LogP contribution in [-0.2, 0) is 4.79 Å². The van der Waals surface area contributed by atoms with Crippen LogP contribution in [0.5, 0.6) is 0 Å². The molecule has 2 amide bonds. The lowest BCUT2D eigenvalue weighted by Crippen LogP contribution is -2.51. The van der Waals surface area contributed by atoms with Gasteiger partial charge in [0.25, 0.3) is 0 Å². The van der Waals surface area contributed by atoms with Crippen molar-refractivity contribution in [1.29, 1.82) is 0 Å². The Hall–Kier alpha value is -2.04. The van der Waals surface area contributed by atoms with Crippen LogP contribution in [0.1, 0.15) is 17.5 Å². The van der Waals surface area contributed by atoms with Gasteiger partial charge in [0.2, 0.25) is 0 Å². The molecule has 1 aliphatic rings. The van der Waals surface area contributed by atoms with Gasteiger partial charge in [-0.2, -0.15) is 0 Å². The van der Waals surface area contributed by atoms with Crippen LogP contribution in [0.15, 0.2) is 18.2 Å². The quantitative estimate of drug-likeness (QED) is 0.874. The van der Waals surface area contributed by atoms with Crippen LogP contribution in [0.3, 0.4) is 0 Å². The molecule has 5 nitrogen and oxygen atoms in total. The number of carbonyl (C=O) groups is 2. The number of aliphatic carboxylic acids is 1. The highest BCUT2D eigenvalue weighted by molar-refractivity contribution is 5.93. The second kappa shape index (κ2) is 5.30. The first-order chi connectivity index (χ1) is 8.97. The Morgan fingerprint density at radius 2 is 2.21 bits per heavy atom. The summed E-state index contributed by atoms with van der Waals surface area (Å²) in [5, 5.41) is 11.6. The Kier molecular flexibility index (Phi) is 3.74. The molecule has 0 saturated carbocycles. The lowest BCUT2D eigenvalue weighted by atomic mass is 10.0. The fraction of sp³-hybridized carbons (Fsp3) is 0.429. The number of nitrogens with zero attached hydrogens (tertiary/aromatic N) is 1. The Balaban J connectivity index is 2.21. The van der Waals surface area contributed by atoms with Crippen LogP contribution < -0.4 is 10.2 Å². The third kappa shape index (κ3) is 3.05. The van der Waals surface area contributed by atoms with E-state index in [9.17, 15) is 9.59 Å². The molecule has 0 aromatic heterocycles. The van der Waals surface area contributed by atoms with Crippen LogP contribution in [0.4, 0.5) is 10.5 Å². The zero-order valence-corrected chi connectivity index (χ0v) is 11.1. The van der Waals surface area contributed by atoms with E-state index in [1.165, 1.54) is 0 Å². The number of aryl methyl sites for hydroxylation is 2. The van der Waals surface area contributed by atoms with Gasteiger partial charge < -0.3 is 10.4 Å². The summed E-state index contributed by atoms with van der Waals surface area (Å²) in [6.07, 6.45) is 0.0711. The highest BCUT2D eigenvalue weighted by atomic mass is 16.4. The predicted octanol–water partition coefficient (Wildman–Crippen LogP) is 1.92. The number of hydrogen-bond acceptors (Lipinski definition) is 2. The summed E-state index contributed by atoms with van der Waals surface area (Å²) in [7, 11) is 0. The number of urea groups is 1. The lowest BCUT2D eigenvalue weighted by Gasteiger charge is -2.33. The Morgan fingerprint density at radius 1 is 1.47 bits per heavy atom. The van der Waals surface area contributed by atoms with Crippen molar-refractivity contribution in [1.82, 2.24) is 5.32 Å². The van der Waals surface area contributed by atoms with E-state index in [2.05, 4.69) is 5.32 Å². The molecule has 1 fully saturated rings. The van der Waals surface area contributed by atoms with E-state index in [-0.39, 0.29) is 18.4 Å². The van der Waals surface area contributed by atoms with Gasteiger partial charge in [0.05, 0.1) is 6.42 Å². The molecule has 102 valence electrons. The molecule has 2 rings (SSSR count). The molecule has 0 bridgehead atoms. The van der Waals surface area contributed by atoms with Crippen molar-refractivity contribution in [2.24, 2.45) is 5.92 Å². The van der Waals surface area contributed by atoms with E-state index >= 15 is 0 Å². The maximum Gasteiger partial charge on any atom is 0.321 e. The first-order valence-electron chi connectivity index (χ1n) is 6.32. The van der Waals surface area contributed by atoms with E-state index < -0.39 is 5.97 Å². The number of amides is 2. The molecule has 1 saturated heterocycles. The maximum absolute atomic E-state index is 11.9. The summed E-state index contributed by atoms with van der Waals surface area (Å²) >= 11 is 0. The van der Waals surface area contributed by atoms with E-state index in [4.69, 9.17) is 5.11 Å². The number of anilines is 1. The monoisotopic (exact) mass is 262 g/mol. The van der Waals surface area contributed by atoms with E-state index in [1.807, 2.05) is 32.0 Å². The van der Waals surface area contributed by atoms with Gasteiger partial charge in [0.15, 0.2) is 0 Å². The minimum absolute atomic E-state index is 0.0593. The minimum atomic E-state index is -0.832. The third-order valence-corrected chi connectivity index (χ3v) is 3.33. The Bertz CT molecular complexity index is 513. The number of hydrogen-bond donors (Lipinski definition) is 2. The molecule has 1 unspecified atom stereocenters. The van der Waals surface area contributed by atoms with Gasteiger partial charge in [-0.1, -0.05) is 17.7 Å². The second-order valence-corrected chi connectivity index (χ2v) is 5.05. The van der Waals surface area contributed by atoms with Crippen molar-refractivity contribution in [3.05, 3.63) is 29.3 Å². The van der Waals surface area contributed by atoms with Crippen LogP contribution in [0.2, 0.25) is 0 Å². The van der Waals surface area contributed by atoms with Crippen molar-refractivity contribution >= 4 is 17.7 Å². The van der Waals surface area contributed by atoms with Crippen molar-refractivity contribution in [2.45, 2.75) is 20.3 Å². The first-order valence-corrected chi connectivity index (χ1v) is 6.32. The standard InChI is InChI=1S/C14H18N2O3/c1-9-3-4-12(10(2)5-9)16-8-11(6-13(17)18)7-15-14(16)19/h3-5,11H,6-8H2,1-2H3,(H,15,19)(H,17,18). The zero-order valence-electron chi connectivity index (χ0n) is 11.1. The van der Waals surface area contributed by atoms with Crippen LogP contribution in [0, 0.1) is 19.8 Å². The zero-order chi connectivity index (χ0) is 14.0. The number of carboxylic acids is 1. The predicted molar refractivity (Wildman–Crippen MR) is 72.4 cm³/mol. The fourth-order valence-electron chi connectivity index (χ4n) is 2.43. The molecule has 0 spiro atoms. The average molecular weight is 262 g/mol. The molecular formula is C14H18N2O3. The summed E-state index contributed by atoms with van der Waals surface area (Å²) in [4.78, 5) is 24.3. The number of benzene rings is 1. The van der Waals surface area contributed by atoms with Crippen molar-refractivity contribution in [3.8, 4) is 0 Å². The van der Waals surface area contributed by atoms with Crippen molar-refractivity contribution in [2.75, 3.05) is 18.0 Å². The van der Waals surface area contributed by atoms with E-state index in [1.54, 1.807) is 4.90 Å². The molecule has 1 aromatic rings. The van der Waals surface area contributed by atoms with Gasteiger partial charge in [-0.05, 0) is 25.5 Å². The molecular weight excluding hydrogens is 244 g/mol. The van der Waals surface area contributed by atoms with Crippen molar-refractivity contribution in [3.63, 3.8) is 0 Å². The lowest BCUT2D eigenvalue weighted by molar-refractivity contribution is -0.138. The van der Waals surface area contributed by atoms with Crippen molar-refractivity contribution < 1.29 is 14.7 Å². The topological polar surface area (TPSA) is 69.6 Å². The summed E-state index contributed by atoms with van der Waals surface area (Å²) in [5.41, 5.74) is 3.00. The van der Waals surface area contributed by atoms with Gasteiger partial charge >= 0.3 is 12.0 Å². The molecule has 19 heavy (non-hydrogen) atoms. The van der Waals surface area contributed by atoms with Gasteiger partial charge in [0.1, 0.15) is 0 Å². The van der Waals surface area contributed by atoms with Gasteiger partial charge in [-0.3, -0.25) is 9.69 Å². The number of rotatable bonds is 3. The van der Waals surface area contributed by atoms with Gasteiger partial charge in [-0.15, -0.1) is 0 Å². The van der Waals surface area contributed by atoms with E-state index in [0.29, 0.717) is 13.1 Å². The van der Waals surface area contributed by atoms with Crippen LogP contribution in [0.25, 0.3) is 0 Å². The third-order valence-electron chi connectivity index (χ3n) is 3.33. The Morgan fingerprint density at radius 3 is 2.84 bits per heavy atom. The normalized spacial score (nSPS) is 19.2. The molecule has 5 heteroatoms. The fourth-order valence-corrected chi connectivity index (χ4v) is 2.43. The van der Waals surface area contributed by atoms with Gasteiger partial charge in [0, 0.05) is 24.7 Å². The molecule has 0 radical (unpaired) electrons. The summed E-state index contributed by atoms with van der Waals surface area (Å²) < 4.78 is 0. The average Bonchev–Trinajstić information content (AvgIpc) is 2.31. The SMILES string of the molecule is Cc1ccc(N2CC(CC(=O)O)CNC2=O)c(C)c1. The highest BCUT2D eigenvalue weighted by Gasteiger charge is 2.28. The largest absolute Gasteiger partial charge is 0.481 e. The molecule has 1 atom stereocenters. The molecule has 1 aliphatic heterocycles. The maximum atomic E-state index is 11.9. The number of nitrogens with one attached hydrogen (secondary N) is 1. The second-order valence-electron chi connectivity index (χ2n) is 5.05. The van der Waals surface area contributed by atoms with E-state index in [0.717, 1.165) is 16.8 Å². The number of carboxylic acid groups (broad SMARTS) is 1. The van der Waals surface area contributed by atoms with Gasteiger partial charge in [-0.25, -0.2) is 4.79 Å². The molecule has 0 aliphatic carbocycles. The first kappa shape index (κ1) is 13.4. The molecule has 1 aromatic carbocycles. The summed E-state index contributed by atoms with van der Waals surface area (Å²) in [6, 6.07) is 5.72. The minimum Gasteiger partial charge on any atom is -0.481 e. The number of carbonyl (C=O) groups excluding carboxylic acids is 1. The molecule has 1 heterocycles. The summed E-state index contributed by atoms with van der Waals surface area (Å²) in [6.45, 7) is 4.82. The van der Waals surface area contributed by atoms with Crippen LogP contribution in [-0.4, -0.2) is 30.2 Å². The van der Waals surface area contributed by atoms with Crippen LogP contribution >= 0.6 is 0 Å². The molecule has 2 N–H and O–H groups in total. The smallest absolute Gasteiger partial charge is 0.321 e. The summed E-state index contributed by atoms with van der Waals surface area (Å²) in [5.74, 6) is -0.891. The Labute approximate surface area is 112 Å². The highest BCUT2D eigenvalue weighted by Crippen LogP contribution is 2.24.